The number of hydrogen-bond acceptors (Lipinski definition) is 5. The predicted octanol–water partition coefficient (Wildman–Crippen LogP) is 0.665. The molecule has 1 aliphatic rings. The van der Waals surface area contributed by atoms with Crippen LogP contribution in [-0.2, 0) is 14.3 Å². The van der Waals surface area contributed by atoms with Crippen molar-refractivity contribution in [2.24, 2.45) is 22.3 Å². The van der Waals surface area contributed by atoms with Crippen molar-refractivity contribution in [2.75, 3.05) is 32.8 Å². The van der Waals surface area contributed by atoms with E-state index in [1.54, 1.807) is 13.8 Å². The van der Waals surface area contributed by atoms with Gasteiger partial charge in [-0.25, -0.2) is 0 Å². The van der Waals surface area contributed by atoms with E-state index in [0.29, 0.717) is 39.3 Å². The van der Waals surface area contributed by atoms with Gasteiger partial charge < -0.3 is 26.2 Å². The fourth-order valence-electron chi connectivity index (χ4n) is 2.17. The lowest BCUT2D eigenvalue weighted by molar-refractivity contribution is -0.147. The van der Waals surface area contributed by atoms with Crippen molar-refractivity contribution in [2.45, 2.75) is 47.1 Å². The number of rotatable bonds is 5. The molecule has 0 radical (unpaired) electrons. The molecule has 0 aromatic rings. The number of carbonyl (C=O) groups excluding carboxylic acids is 1. The molecule has 1 fully saturated rings. The number of carboxylic acids is 1. The highest BCUT2D eigenvalue weighted by molar-refractivity contribution is 5.82. The molecule has 7 heteroatoms. The Morgan fingerprint density at radius 3 is 1.96 bits per heavy atom. The summed E-state index contributed by atoms with van der Waals surface area (Å²) in [5.74, 6) is -0.650. The van der Waals surface area contributed by atoms with Crippen molar-refractivity contribution in [1.29, 1.82) is 0 Å². The minimum atomic E-state index is -0.787. The van der Waals surface area contributed by atoms with Gasteiger partial charge in [0.25, 0.3) is 0 Å². The van der Waals surface area contributed by atoms with E-state index in [1.807, 2.05) is 25.7 Å². The summed E-state index contributed by atoms with van der Waals surface area (Å²) in [7, 11) is 0. The first-order chi connectivity index (χ1) is 10.4. The Labute approximate surface area is 139 Å². The lowest BCUT2D eigenvalue weighted by Gasteiger charge is -2.33. The minimum Gasteiger partial charge on any atom is -0.481 e. The van der Waals surface area contributed by atoms with Gasteiger partial charge in [-0.05, 0) is 41.0 Å². The second-order valence-electron chi connectivity index (χ2n) is 7.36. The molecule has 136 valence electrons. The SMILES string of the molecule is CC(C)(CN)C(=O)N1CCOCC1.CC(N)CC(C)(C)C(=O)O. The van der Waals surface area contributed by atoms with Gasteiger partial charge in [-0.3, -0.25) is 9.59 Å². The normalized spacial score (nSPS) is 17.1. The molecular weight excluding hydrogens is 298 g/mol. The number of morpholine rings is 1. The summed E-state index contributed by atoms with van der Waals surface area (Å²) < 4.78 is 5.17. The van der Waals surface area contributed by atoms with Gasteiger partial charge in [0, 0.05) is 25.7 Å². The van der Waals surface area contributed by atoms with E-state index in [1.165, 1.54) is 0 Å². The molecule has 0 aromatic heterocycles. The van der Waals surface area contributed by atoms with Crippen molar-refractivity contribution < 1.29 is 19.4 Å². The third-order valence-electron chi connectivity index (χ3n) is 3.80. The van der Waals surface area contributed by atoms with Crippen LogP contribution in [0.15, 0.2) is 0 Å². The Morgan fingerprint density at radius 1 is 1.17 bits per heavy atom. The summed E-state index contributed by atoms with van der Waals surface area (Å²) in [6, 6.07) is -0.0499. The second-order valence-corrected chi connectivity index (χ2v) is 7.36. The molecule has 1 aliphatic heterocycles. The summed E-state index contributed by atoms with van der Waals surface area (Å²) >= 11 is 0. The second kappa shape index (κ2) is 9.20. The fraction of sp³-hybridized carbons (Fsp3) is 0.875. The first-order valence-electron chi connectivity index (χ1n) is 8.00. The molecule has 0 saturated carbocycles. The van der Waals surface area contributed by atoms with Gasteiger partial charge in [-0.2, -0.15) is 0 Å². The zero-order valence-corrected chi connectivity index (χ0v) is 15.1. The third-order valence-corrected chi connectivity index (χ3v) is 3.80. The Hall–Kier alpha value is -1.18. The minimum absolute atomic E-state index is 0.0499. The van der Waals surface area contributed by atoms with Crippen LogP contribution in [0, 0.1) is 10.8 Å². The Kier molecular flexibility index (Phi) is 8.73. The van der Waals surface area contributed by atoms with Crippen LogP contribution < -0.4 is 11.5 Å². The monoisotopic (exact) mass is 331 g/mol. The van der Waals surface area contributed by atoms with Crippen molar-refractivity contribution >= 4 is 11.9 Å². The quantitative estimate of drug-likeness (QED) is 0.681. The lowest BCUT2D eigenvalue weighted by atomic mass is 9.87. The van der Waals surface area contributed by atoms with Crippen LogP contribution in [0.5, 0.6) is 0 Å². The van der Waals surface area contributed by atoms with Crippen LogP contribution in [0.1, 0.15) is 41.0 Å². The zero-order valence-electron chi connectivity index (χ0n) is 15.1. The molecule has 0 bridgehead atoms. The van der Waals surface area contributed by atoms with Gasteiger partial charge >= 0.3 is 5.97 Å². The molecule has 1 unspecified atom stereocenters. The number of carbonyl (C=O) groups is 2. The first kappa shape index (κ1) is 21.8. The summed E-state index contributed by atoms with van der Waals surface area (Å²) in [4.78, 5) is 24.2. The van der Waals surface area contributed by atoms with Crippen LogP contribution in [0.2, 0.25) is 0 Å². The van der Waals surface area contributed by atoms with Crippen molar-refractivity contribution in [1.82, 2.24) is 4.90 Å². The molecule has 5 N–H and O–H groups in total. The van der Waals surface area contributed by atoms with Gasteiger partial charge in [-0.15, -0.1) is 0 Å². The number of nitrogens with two attached hydrogens (primary N) is 2. The van der Waals surface area contributed by atoms with Crippen molar-refractivity contribution in [3.8, 4) is 0 Å². The topological polar surface area (TPSA) is 119 Å². The zero-order chi connectivity index (χ0) is 18.3. The maximum atomic E-state index is 11.8. The lowest BCUT2D eigenvalue weighted by Crippen LogP contribution is -2.49. The number of hydrogen-bond donors (Lipinski definition) is 3. The van der Waals surface area contributed by atoms with E-state index in [9.17, 15) is 9.59 Å². The van der Waals surface area contributed by atoms with Crippen molar-refractivity contribution in [3.05, 3.63) is 0 Å². The van der Waals surface area contributed by atoms with Crippen molar-refractivity contribution in [3.63, 3.8) is 0 Å². The molecule has 0 aromatic carbocycles. The molecule has 1 rings (SSSR count). The van der Waals surface area contributed by atoms with Gasteiger partial charge in [0.15, 0.2) is 0 Å². The van der Waals surface area contributed by atoms with Crippen LogP contribution in [0.3, 0.4) is 0 Å². The van der Waals surface area contributed by atoms with Gasteiger partial charge in [0.1, 0.15) is 0 Å². The smallest absolute Gasteiger partial charge is 0.309 e. The number of amides is 1. The predicted molar refractivity (Wildman–Crippen MR) is 89.9 cm³/mol. The largest absolute Gasteiger partial charge is 0.481 e. The van der Waals surface area contributed by atoms with E-state index in [4.69, 9.17) is 21.3 Å². The summed E-state index contributed by atoms with van der Waals surface area (Å²) in [5.41, 5.74) is 9.87. The average Bonchev–Trinajstić information content (AvgIpc) is 2.46. The van der Waals surface area contributed by atoms with Crippen LogP contribution in [0.4, 0.5) is 0 Å². The molecule has 1 amide bonds. The van der Waals surface area contributed by atoms with Crippen LogP contribution >= 0.6 is 0 Å². The van der Waals surface area contributed by atoms with Gasteiger partial charge in [0.05, 0.1) is 24.0 Å². The van der Waals surface area contributed by atoms with E-state index < -0.39 is 16.8 Å². The number of aliphatic carboxylic acids is 1. The summed E-state index contributed by atoms with van der Waals surface area (Å²) in [6.07, 6.45) is 0.516. The molecule has 7 nitrogen and oxygen atoms in total. The summed E-state index contributed by atoms with van der Waals surface area (Å²) in [5, 5.41) is 8.63. The van der Waals surface area contributed by atoms with Gasteiger partial charge in [-0.1, -0.05) is 0 Å². The molecule has 0 aliphatic carbocycles. The Balaban J connectivity index is 0.000000438. The molecule has 1 atom stereocenters. The Morgan fingerprint density at radius 2 is 1.65 bits per heavy atom. The average molecular weight is 331 g/mol. The molecule has 23 heavy (non-hydrogen) atoms. The van der Waals surface area contributed by atoms with E-state index in [2.05, 4.69) is 0 Å². The van der Waals surface area contributed by atoms with E-state index >= 15 is 0 Å². The third kappa shape index (κ3) is 7.76. The van der Waals surface area contributed by atoms with Gasteiger partial charge in [0.2, 0.25) is 5.91 Å². The maximum Gasteiger partial charge on any atom is 0.309 e. The summed E-state index contributed by atoms with van der Waals surface area (Å²) in [6.45, 7) is 12.0. The van der Waals surface area contributed by atoms with Crippen LogP contribution in [0.25, 0.3) is 0 Å². The molecule has 1 saturated heterocycles. The molecule has 0 spiro atoms. The number of carboxylic acid groups (broad SMARTS) is 1. The standard InChI is InChI=1S/C9H18N2O2.C7H15NO2/c1-9(2,7-10)8(12)11-3-5-13-6-4-11;1-5(8)4-7(2,3)6(9)10/h3-7,10H2,1-2H3;5H,4,8H2,1-3H3,(H,9,10). The first-order valence-corrected chi connectivity index (χ1v) is 8.00. The maximum absolute atomic E-state index is 11.8. The van der Waals surface area contributed by atoms with E-state index in [0.717, 1.165) is 0 Å². The van der Waals surface area contributed by atoms with E-state index in [-0.39, 0.29) is 11.9 Å². The highest BCUT2D eigenvalue weighted by Gasteiger charge is 2.31. The highest BCUT2D eigenvalue weighted by atomic mass is 16.5. The molecular formula is C16H33N3O4. The van der Waals surface area contributed by atoms with Crippen LogP contribution in [-0.4, -0.2) is 60.8 Å². The number of nitrogens with zero attached hydrogens (tertiary/aromatic N) is 1. The number of ether oxygens (including phenoxy) is 1. The fourth-order valence-corrected chi connectivity index (χ4v) is 2.17. The molecule has 1 heterocycles. The highest BCUT2D eigenvalue weighted by Crippen LogP contribution is 2.21. The Bertz CT molecular complexity index is 389.